The third kappa shape index (κ3) is 6.74. The predicted molar refractivity (Wildman–Crippen MR) is 149 cm³/mol. The molecule has 4 rings (SSSR count). The molecule has 3 heteroatoms. The largest absolute Gasteiger partial charge is 0.207 e. The Bertz CT molecular complexity index is 1180. The van der Waals surface area contributed by atoms with Gasteiger partial charge in [0.2, 0.25) is 0 Å². The molecule has 0 aromatic heterocycles. The van der Waals surface area contributed by atoms with Crippen molar-refractivity contribution in [3.05, 3.63) is 95.3 Å². The number of allylic oxidation sites excluding steroid dienone is 2. The lowest BCUT2D eigenvalue weighted by Gasteiger charge is -2.29. The smallest absolute Gasteiger partial charge is 0.166 e. The van der Waals surface area contributed by atoms with Crippen molar-refractivity contribution in [3.63, 3.8) is 0 Å². The highest BCUT2D eigenvalue weighted by Crippen LogP contribution is 2.39. The molecule has 1 aliphatic rings. The quantitative estimate of drug-likeness (QED) is 0.190. The molecular formula is C34H39F3. The number of halogens is 3. The van der Waals surface area contributed by atoms with Crippen LogP contribution in [-0.4, -0.2) is 0 Å². The van der Waals surface area contributed by atoms with Gasteiger partial charge in [0.25, 0.3) is 0 Å². The average Bonchev–Trinajstić information content (AvgIpc) is 2.92. The van der Waals surface area contributed by atoms with Gasteiger partial charge in [-0.2, -0.15) is 0 Å². The van der Waals surface area contributed by atoms with E-state index in [9.17, 15) is 8.78 Å². The summed E-state index contributed by atoms with van der Waals surface area (Å²) in [5, 5.41) is 0. The van der Waals surface area contributed by atoms with E-state index >= 15 is 4.39 Å². The maximum atomic E-state index is 15.2. The van der Waals surface area contributed by atoms with Crippen LogP contribution in [0.2, 0.25) is 0 Å². The van der Waals surface area contributed by atoms with Crippen LogP contribution in [0.3, 0.4) is 0 Å². The maximum absolute atomic E-state index is 15.2. The number of hydrogen-bond donors (Lipinski definition) is 0. The summed E-state index contributed by atoms with van der Waals surface area (Å²) >= 11 is 0. The van der Waals surface area contributed by atoms with E-state index in [1.807, 2.05) is 24.3 Å². The fourth-order valence-corrected chi connectivity index (χ4v) is 5.71. The van der Waals surface area contributed by atoms with Gasteiger partial charge in [-0.25, -0.2) is 13.2 Å². The molecule has 0 bridgehead atoms. The van der Waals surface area contributed by atoms with Gasteiger partial charge in [0.05, 0.1) is 0 Å². The molecule has 1 fully saturated rings. The van der Waals surface area contributed by atoms with Crippen LogP contribution in [0.15, 0.2) is 66.7 Å². The summed E-state index contributed by atoms with van der Waals surface area (Å²) in [6.07, 6.45) is 14.6. The molecule has 3 aromatic carbocycles. The minimum Gasteiger partial charge on any atom is -0.207 e. The first-order valence-electron chi connectivity index (χ1n) is 14.0. The normalized spacial score (nSPS) is 18.0. The van der Waals surface area contributed by atoms with E-state index in [-0.39, 0.29) is 17.3 Å². The van der Waals surface area contributed by atoms with Crippen LogP contribution in [0.25, 0.3) is 22.3 Å². The van der Waals surface area contributed by atoms with Gasteiger partial charge in [0, 0.05) is 5.56 Å². The maximum Gasteiger partial charge on any atom is 0.166 e. The number of rotatable bonds is 10. The molecule has 0 atom stereocenters. The Kier molecular flexibility index (Phi) is 9.66. The molecular weight excluding hydrogens is 465 g/mol. The predicted octanol–water partition coefficient (Wildman–Crippen LogP) is 10.8. The van der Waals surface area contributed by atoms with Crippen molar-refractivity contribution in [2.24, 2.45) is 5.92 Å². The highest BCUT2D eigenvalue weighted by atomic mass is 19.2. The zero-order chi connectivity index (χ0) is 26.2. The molecule has 0 aliphatic heterocycles. The van der Waals surface area contributed by atoms with Crippen LogP contribution in [0, 0.1) is 23.4 Å². The summed E-state index contributed by atoms with van der Waals surface area (Å²) in [7, 11) is 0. The first-order chi connectivity index (χ1) is 18.0. The lowest BCUT2D eigenvalue weighted by Crippen LogP contribution is -2.14. The Morgan fingerprint density at radius 3 is 2.16 bits per heavy atom. The second kappa shape index (κ2) is 13.1. The molecule has 0 radical (unpaired) electrons. The minimum atomic E-state index is -0.798. The van der Waals surface area contributed by atoms with Crippen LogP contribution >= 0.6 is 0 Å². The summed E-state index contributed by atoms with van der Waals surface area (Å²) in [5.41, 5.74) is 3.78. The summed E-state index contributed by atoms with van der Waals surface area (Å²) in [4.78, 5) is 0. The van der Waals surface area contributed by atoms with Crippen molar-refractivity contribution in [2.75, 3.05) is 0 Å². The molecule has 0 N–H and O–H groups in total. The summed E-state index contributed by atoms with van der Waals surface area (Å²) < 4.78 is 44.6. The van der Waals surface area contributed by atoms with E-state index < -0.39 is 11.6 Å². The van der Waals surface area contributed by atoms with Gasteiger partial charge >= 0.3 is 0 Å². The van der Waals surface area contributed by atoms with E-state index in [1.54, 1.807) is 30.3 Å². The van der Waals surface area contributed by atoms with Crippen molar-refractivity contribution < 1.29 is 13.2 Å². The van der Waals surface area contributed by atoms with Gasteiger partial charge in [-0.15, -0.1) is 0 Å². The van der Waals surface area contributed by atoms with Crippen LogP contribution in [-0.2, 0) is 6.42 Å². The van der Waals surface area contributed by atoms with Crippen molar-refractivity contribution in [1.82, 2.24) is 0 Å². The van der Waals surface area contributed by atoms with Crippen molar-refractivity contribution in [3.8, 4) is 22.3 Å². The van der Waals surface area contributed by atoms with Crippen LogP contribution < -0.4 is 0 Å². The van der Waals surface area contributed by atoms with E-state index in [2.05, 4.69) is 26.0 Å². The van der Waals surface area contributed by atoms with Gasteiger partial charge in [-0.1, -0.05) is 80.4 Å². The molecule has 37 heavy (non-hydrogen) atoms. The second-order valence-corrected chi connectivity index (χ2v) is 10.5. The zero-order valence-electron chi connectivity index (χ0n) is 22.2. The number of benzene rings is 3. The standard InChI is InChI=1S/C34H39F3/c1-3-5-7-9-24-11-13-26(14-12-24)30-21-20-29(23-32(30)35)25-15-17-27(18-16-25)31-22-19-28(10-8-6-4-2)33(36)34(31)37/h3,5,15-24,26H,4,6-14H2,1-2H3/b5-3+. The van der Waals surface area contributed by atoms with Crippen LogP contribution in [0.5, 0.6) is 0 Å². The van der Waals surface area contributed by atoms with Gasteiger partial charge in [0.1, 0.15) is 5.82 Å². The summed E-state index contributed by atoms with van der Waals surface area (Å²) in [5.74, 6) is -0.650. The van der Waals surface area contributed by atoms with Crippen LogP contribution in [0.1, 0.15) is 88.7 Å². The minimum absolute atomic E-state index is 0.147. The fraction of sp³-hybridized carbons (Fsp3) is 0.412. The SMILES string of the molecule is C/C=C/CCC1CCC(c2ccc(-c3ccc(-c4ccc(CCCCC)c(F)c4F)cc3)cc2F)CC1. The molecule has 1 saturated carbocycles. The highest BCUT2D eigenvalue weighted by molar-refractivity contribution is 5.71. The Hall–Kier alpha value is -2.81. The topological polar surface area (TPSA) is 0 Å². The van der Waals surface area contributed by atoms with Gasteiger partial charge < -0.3 is 0 Å². The van der Waals surface area contributed by atoms with Crippen molar-refractivity contribution in [1.29, 1.82) is 0 Å². The Morgan fingerprint density at radius 2 is 1.49 bits per heavy atom. The highest BCUT2D eigenvalue weighted by Gasteiger charge is 2.24. The van der Waals surface area contributed by atoms with E-state index in [0.29, 0.717) is 17.5 Å². The average molecular weight is 505 g/mol. The van der Waals surface area contributed by atoms with Gasteiger partial charge in [0.15, 0.2) is 11.6 Å². The molecule has 0 unspecified atom stereocenters. The van der Waals surface area contributed by atoms with Gasteiger partial charge in [-0.05, 0) is 104 Å². The molecule has 196 valence electrons. The lowest BCUT2D eigenvalue weighted by atomic mass is 9.77. The van der Waals surface area contributed by atoms with E-state index in [0.717, 1.165) is 61.1 Å². The zero-order valence-corrected chi connectivity index (χ0v) is 22.2. The first-order valence-corrected chi connectivity index (χ1v) is 14.0. The summed E-state index contributed by atoms with van der Waals surface area (Å²) in [6.45, 7) is 4.15. The first kappa shape index (κ1) is 27.2. The fourth-order valence-electron chi connectivity index (χ4n) is 5.71. The van der Waals surface area contributed by atoms with Crippen molar-refractivity contribution >= 4 is 0 Å². The monoisotopic (exact) mass is 504 g/mol. The lowest BCUT2D eigenvalue weighted by molar-refractivity contribution is 0.308. The Morgan fingerprint density at radius 1 is 0.784 bits per heavy atom. The van der Waals surface area contributed by atoms with E-state index in [4.69, 9.17) is 0 Å². The third-order valence-electron chi connectivity index (χ3n) is 8.01. The third-order valence-corrected chi connectivity index (χ3v) is 8.01. The molecule has 1 aliphatic carbocycles. The number of hydrogen-bond acceptors (Lipinski definition) is 0. The number of unbranched alkanes of at least 4 members (excludes halogenated alkanes) is 2. The molecule has 3 aromatic rings. The van der Waals surface area contributed by atoms with Gasteiger partial charge in [-0.3, -0.25) is 0 Å². The molecule has 0 spiro atoms. The second-order valence-electron chi connectivity index (χ2n) is 10.5. The molecule has 0 saturated heterocycles. The van der Waals surface area contributed by atoms with E-state index in [1.165, 1.54) is 19.3 Å². The molecule has 0 amide bonds. The van der Waals surface area contributed by atoms with Crippen LogP contribution in [0.4, 0.5) is 13.2 Å². The molecule has 0 heterocycles. The summed E-state index contributed by atoms with van der Waals surface area (Å²) in [6, 6.07) is 16.2. The number of aryl methyl sites for hydroxylation is 1. The van der Waals surface area contributed by atoms with Crippen molar-refractivity contribution in [2.45, 2.75) is 84.0 Å². The molecule has 0 nitrogen and oxygen atoms in total. The Labute approximate surface area is 220 Å². The Balaban J connectivity index is 1.43.